The monoisotopic (exact) mass is 264 g/mol. The predicted octanol–water partition coefficient (Wildman–Crippen LogP) is 3.23. The summed E-state index contributed by atoms with van der Waals surface area (Å²) in [7, 11) is 0. The molecule has 3 rings (SSSR count). The van der Waals surface area contributed by atoms with E-state index in [2.05, 4.69) is 22.3 Å². The molecule has 1 unspecified atom stereocenters. The lowest BCUT2D eigenvalue weighted by atomic mass is 9.97. The van der Waals surface area contributed by atoms with Crippen LogP contribution >= 0.6 is 11.6 Å². The molecule has 3 heteroatoms. The number of rotatable bonds is 1. The van der Waals surface area contributed by atoms with Gasteiger partial charge in [0.2, 0.25) is 0 Å². The molecule has 1 saturated heterocycles. The number of nitrogens with zero attached hydrogens (tertiary/aromatic N) is 1. The van der Waals surface area contributed by atoms with Gasteiger partial charge in [-0.1, -0.05) is 11.6 Å². The fraction of sp³-hybridized carbons (Fsp3) is 0.600. The number of halogens is 1. The Labute approximate surface area is 114 Å². The Balaban J connectivity index is 1.85. The Bertz CT molecular complexity index is 411. The Morgan fingerprint density at radius 2 is 2.11 bits per heavy atom. The largest absolute Gasteiger partial charge is 0.368 e. The maximum absolute atomic E-state index is 6.11. The third-order valence-electron chi connectivity index (χ3n) is 4.18. The number of fused-ring (bicyclic) bond motifs is 1. The topological polar surface area (TPSA) is 15.3 Å². The number of anilines is 1. The lowest BCUT2D eigenvalue weighted by molar-refractivity contribution is 0.516. The number of benzene rings is 1. The highest BCUT2D eigenvalue weighted by Gasteiger charge is 2.24. The first-order chi connectivity index (χ1) is 8.84. The summed E-state index contributed by atoms with van der Waals surface area (Å²) < 4.78 is 0. The first-order valence-corrected chi connectivity index (χ1v) is 7.48. The lowest BCUT2D eigenvalue weighted by Gasteiger charge is -2.37. The molecule has 1 aromatic rings. The Morgan fingerprint density at radius 3 is 3.06 bits per heavy atom. The summed E-state index contributed by atoms with van der Waals surface area (Å²) in [6, 6.07) is 7.11. The summed E-state index contributed by atoms with van der Waals surface area (Å²) in [5.74, 6) is 0. The second-order valence-corrected chi connectivity index (χ2v) is 5.84. The van der Waals surface area contributed by atoms with Gasteiger partial charge >= 0.3 is 0 Å². The van der Waals surface area contributed by atoms with Gasteiger partial charge in [-0.15, -0.1) is 0 Å². The minimum Gasteiger partial charge on any atom is -0.368 e. The van der Waals surface area contributed by atoms with Crippen LogP contribution in [0.5, 0.6) is 0 Å². The van der Waals surface area contributed by atoms with E-state index < -0.39 is 0 Å². The molecule has 2 nitrogen and oxygen atoms in total. The minimum atomic E-state index is 0.709. The first-order valence-electron chi connectivity index (χ1n) is 7.10. The van der Waals surface area contributed by atoms with Crippen LogP contribution in [-0.4, -0.2) is 25.7 Å². The molecule has 1 aromatic carbocycles. The van der Waals surface area contributed by atoms with Gasteiger partial charge in [-0.05, 0) is 69.0 Å². The second kappa shape index (κ2) is 5.50. The van der Waals surface area contributed by atoms with Gasteiger partial charge in [0.25, 0.3) is 0 Å². The summed E-state index contributed by atoms with van der Waals surface area (Å²) in [6.07, 6.45) is 6.32. The Morgan fingerprint density at radius 1 is 1.17 bits per heavy atom. The van der Waals surface area contributed by atoms with E-state index in [9.17, 15) is 0 Å². The van der Waals surface area contributed by atoms with E-state index in [1.54, 1.807) is 0 Å². The third-order valence-corrected chi connectivity index (χ3v) is 4.42. The van der Waals surface area contributed by atoms with E-state index in [0.29, 0.717) is 6.04 Å². The number of aryl methyl sites for hydroxylation is 1. The molecular weight excluding hydrogens is 244 g/mol. The zero-order chi connectivity index (χ0) is 12.4. The van der Waals surface area contributed by atoms with Crippen LogP contribution in [0.25, 0.3) is 0 Å². The molecule has 0 aromatic heterocycles. The molecule has 0 amide bonds. The van der Waals surface area contributed by atoms with Crippen LogP contribution in [0, 0.1) is 0 Å². The van der Waals surface area contributed by atoms with Crippen molar-refractivity contribution in [2.75, 3.05) is 24.5 Å². The highest BCUT2D eigenvalue weighted by Crippen LogP contribution is 2.32. The Hall–Kier alpha value is -0.730. The summed E-state index contributed by atoms with van der Waals surface area (Å²) in [5.41, 5.74) is 2.86. The van der Waals surface area contributed by atoms with Crippen LogP contribution < -0.4 is 10.2 Å². The molecule has 0 saturated carbocycles. The fourth-order valence-electron chi connectivity index (χ4n) is 3.29. The van der Waals surface area contributed by atoms with Crippen LogP contribution in [0.2, 0.25) is 5.02 Å². The van der Waals surface area contributed by atoms with Crippen molar-refractivity contribution < 1.29 is 0 Å². The van der Waals surface area contributed by atoms with Crippen LogP contribution in [-0.2, 0) is 6.42 Å². The normalized spacial score (nSPS) is 24.5. The van der Waals surface area contributed by atoms with Gasteiger partial charge in [-0.25, -0.2) is 0 Å². The Kier molecular flexibility index (Phi) is 3.76. The van der Waals surface area contributed by atoms with Gasteiger partial charge in [0.1, 0.15) is 0 Å². The van der Waals surface area contributed by atoms with Crippen LogP contribution in [0.15, 0.2) is 18.2 Å². The maximum atomic E-state index is 6.11. The number of hydrogen-bond acceptors (Lipinski definition) is 2. The van der Waals surface area contributed by atoms with E-state index in [1.165, 1.54) is 56.4 Å². The van der Waals surface area contributed by atoms with Gasteiger partial charge in [0, 0.05) is 23.3 Å². The van der Waals surface area contributed by atoms with E-state index in [0.717, 1.165) is 11.6 Å². The van der Waals surface area contributed by atoms with Gasteiger partial charge < -0.3 is 10.2 Å². The summed E-state index contributed by atoms with van der Waals surface area (Å²) >= 11 is 6.11. The predicted molar refractivity (Wildman–Crippen MR) is 77.6 cm³/mol. The molecule has 1 atom stereocenters. The summed E-state index contributed by atoms with van der Waals surface area (Å²) in [6.45, 7) is 3.54. The molecule has 2 aliphatic rings. The van der Waals surface area contributed by atoms with Gasteiger partial charge in [-0.2, -0.15) is 0 Å². The quantitative estimate of drug-likeness (QED) is 0.838. The molecule has 0 radical (unpaired) electrons. The zero-order valence-corrected chi connectivity index (χ0v) is 11.5. The summed E-state index contributed by atoms with van der Waals surface area (Å²) in [5, 5.41) is 4.37. The van der Waals surface area contributed by atoms with Crippen molar-refractivity contribution in [1.29, 1.82) is 0 Å². The van der Waals surface area contributed by atoms with Gasteiger partial charge in [-0.3, -0.25) is 0 Å². The molecule has 1 N–H and O–H groups in total. The lowest BCUT2D eigenvalue weighted by Crippen LogP contribution is -2.39. The molecule has 0 aliphatic carbocycles. The van der Waals surface area contributed by atoms with Crippen molar-refractivity contribution in [3.8, 4) is 0 Å². The molecule has 0 spiro atoms. The van der Waals surface area contributed by atoms with Gasteiger partial charge in [0.15, 0.2) is 0 Å². The second-order valence-electron chi connectivity index (χ2n) is 5.40. The number of nitrogens with one attached hydrogen (secondary N) is 1. The highest BCUT2D eigenvalue weighted by atomic mass is 35.5. The van der Waals surface area contributed by atoms with Crippen molar-refractivity contribution in [1.82, 2.24) is 5.32 Å². The molecule has 1 fully saturated rings. The van der Waals surface area contributed by atoms with Gasteiger partial charge in [0.05, 0.1) is 0 Å². The van der Waals surface area contributed by atoms with Crippen molar-refractivity contribution in [2.24, 2.45) is 0 Å². The summed E-state index contributed by atoms with van der Waals surface area (Å²) in [4.78, 5) is 2.63. The van der Waals surface area contributed by atoms with Crippen molar-refractivity contribution in [3.05, 3.63) is 28.8 Å². The molecule has 2 heterocycles. The van der Waals surface area contributed by atoms with Crippen molar-refractivity contribution in [3.63, 3.8) is 0 Å². The van der Waals surface area contributed by atoms with Crippen molar-refractivity contribution in [2.45, 2.75) is 38.1 Å². The van der Waals surface area contributed by atoms with E-state index in [-0.39, 0.29) is 0 Å². The average Bonchev–Trinajstić information content (AvgIpc) is 2.66. The minimum absolute atomic E-state index is 0.709. The average molecular weight is 265 g/mol. The van der Waals surface area contributed by atoms with E-state index >= 15 is 0 Å². The standard InChI is InChI=1S/C15H21ClN2/c16-13-5-6-15-12(11-13)3-2-10-18(15)14-4-1-8-17-9-7-14/h5-6,11,14,17H,1-4,7-10H2. The van der Waals surface area contributed by atoms with E-state index in [1.807, 2.05) is 6.07 Å². The van der Waals surface area contributed by atoms with Crippen LogP contribution in [0.1, 0.15) is 31.2 Å². The molecule has 98 valence electrons. The number of hydrogen-bond donors (Lipinski definition) is 1. The maximum Gasteiger partial charge on any atom is 0.0410 e. The van der Waals surface area contributed by atoms with Crippen LogP contribution in [0.3, 0.4) is 0 Å². The smallest absolute Gasteiger partial charge is 0.0410 e. The third kappa shape index (κ3) is 2.50. The first kappa shape index (κ1) is 12.3. The highest BCUT2D eigenvalue weighted by molar-refractivity contribution is 6.30. The SMILES string of the molecule is Clc1ccc2c(c1)CCCN2C1CCCNCC1. The van der Waals surface area contributed by atoms with Crippen LogP contribution in [0.4, 0.5) is 5.69 Å². The molecule has 2 aliphatic heterocycles. The molecule has 0 bridgehead atoms. The zero-order valence-electron chi connectivity index (χ0n) is 10.8. The molecular formula is C15H21ClN2. The van der Waals surface area contributed by atoms with Crippen molar-refractivity contribution >= 4 is 17.3 Å². The molecule has 18 heavy (non-hydrogen) atoms. The fourth-order valence-corrected chi connectivity index (χ4v) is 3.48. The van der Waals surface area contributed by atoms with E-state index in [4.69, 9.17) is 11.6 Å².